The maximum absolute atomic E-state index is 10.6. The molecule has 16 heavy (non-hydrogen) atoms. The number of nitro groups is 1. The van der Waals surface area contributed by atoms with Crippen molar-refractivity contribution in [3.05, 3.63) is 40.5 Å². The van der Waals surface area contributed by atoms with E-state index in [1.165, 1.54) is 6.07 Å². The van der Waals surface area contributed by atoms with E-state index in [4.69, 9.17) is 5.73 Å². The minimum absolute atomic E-state index is 0.0462. The highest BCUT2D eigenvalue weighted by Gasteiger charge is 2.13. The van der Waals surface area contributed by atoms with Crippen LogP contribution in [0.5, 0.6) is 0 Å². The normalized spacial score (nSPS) is 15.2. The van der Waals surface area contributed by atoms with Crippen molar-refractivity contribution in [1.29, 1.82) is 0 Å². The monoisotopic (exact) mass is 219 g/mol. The van der Waals surface area contributed by atoms with Gasteiger partial charge in [0.25, 0.3) is 5.69 Å². The van der Waals surface area contributed by atoms with Crippen molar-refractivity contribution in [2.75, 3.05) is 11.1 Å². The molecule has 1 aliphatic rings. The van der Waals surface area contributed by atoms with Gasteiger partial charge >= 0.3 is 0 Å². The summed E-state index contributed by atoms with van der Waals surface area (Å²) in [5.41, 5.74) is 6.58. The van der Waals surface area contributed by atoms with Gasteiger partial charge in [0, 0.05) is 17.8 Å². The lowest BCUT2D eigenvalue weighted by Crippen LogP contribution is -2.15. The Kier molecular flexibility index (Phi) is 2.76. The van der Waals surface area contributed by atoms with Gasteiger partial charge < -0.3 is 11.1 Å². The fourth-order valence-corrected chi connectivity index (χ4v) is 1.78. The molecular formula is C11H13N3O2. The molecule has 0 saturated heterocycles. The number of nitrogens with zero attached hydrogens (tertiary/aromatic N) is 1. The molecule has 0 fully saturated rings. The van der Waals surface area contributed by atoms with E-state index in [0.29, 0.717) is 6.04 Å². The summed E-state index contributed by atoms with van der Waals surface area (Å²) in [6.07, 6.45) is 6.20. The summed E-state index contributed by atoms with van der Waals surface area (Å²) in [4.78, 5) is 10.1. The minimum atomic E-state index is -0.476. The molecule has 5 heteroatoms. The minimum Gasteiger partial charge on any atom is -0.393 e. The van der Waals surface area contributed by atoms with Gasteiger partial charge in [0.15, 0.2) is 0 Å². The smallest absolute Gasteiger partial charge is 0.292 e. The molecule has 0 aliphatic heterocycles. The number of nitrogen functional groups attached to an aromatic ring is 1. The van der Waals surface area contributed by atoms with E-state index in [0.717, 1.165) is 18.5 Å². The fraction of sp³-hybridized carbons (Fsp3) is 0.273. The second-order valence-corrected chi connectivity index (χ2v) is 3.81. The maximum atomic E-state index is 10.6. The van der Waals surface area contributed by atoms with Crippen LogP contribution in [0.15, 0.2) is 30.4 Å². The van der Waals surface area contributed by atoms with E-state index in [-0.39, 0.29) is 11.4 Å². The molecule has 84 valence electrons. The van der Waals surface area contributed by atoms with Crippen molar-refractivity contribution in [2.45, 2.75) is 18.9 Å². The van der Waals surface area contributed by atoms with Crippen LogP contribution in [0.1, 0.15) is 12.8 Å². The molecule has 3 N–H and O–H groups in total. The number of hydrogen-bond donors (Lipinski definition) is 2. The lowest BCUT2D eigenvalue weighted by atomic mass is 10.2. The highest BCUT2D eigenvalue weighted by Crippen LogP contribution is 2.26. The van der Waals surface area contributed by atoms with Crippen molar-refractivity contribution >= 4 is 17.1 Å². The largest absolute Gasteiger partial charge is 0.393 e. The van der Waals surface area contributed by atoms with Gasteiger partial charge in [-0.3, -0.25) is 10.1 Å². The highest BCUT2D eigenvalue weighted by molar-refractivity contribution is 5.66. The molecule has 0 radical (unpaired) electrons. The molecule has 1 aromatic rings. The third-order valence-electron chi connectivity index (χ3n) is 2.60. The van der Waals surface area contributed by atoms with E-state index in [1.807, 2.05) is 0 Å². The van der Waals surface area contributed by atoms with Crippen molar-refractivity contribution in [3.63, 3.8) is 0 Å². The Bertz CT molecular complexity index is 435. The predicted octanol–water partition coefficient (Wildman–Crippen LogP) is 2.31. The van der Waals surface area contributed by atoms with Gasteiger partial charge in [-0.25, -0.2) is 0 Å². The molecule has 0 aromatic heterocycles. The molecule has 0 amide bonds. The molecule has 1 aliphatic carbocycles. The maximum Gasteiger partial charge on any atom is 0.292 e. The molecule has 5 nitrogen and oxygen atoms in total. The lowest BCUT2D eigenvalue weighted by Gasteiger charge is -2.13. The topological polar surface area (TPSA) is 81.2 Å². The van der Waals surface area contributed by atoms with E-state index >= 15 is 0 Å². The van der Waals surface area contributed by atoms with Crippen LogP contribution in [0, 0.1) is 10.1 Å². The molecule has 0 saturated carbocycles. The van der Waals surface area contributed by atoms with Crippen LogP contribution in [0.25, 0.3) is 0 Å². The predicted molar refractivity (Wildman–Crippen MR) is 63.3 cm³/mol. The number of nitro benzene ring substituents is 1. The van der Waals surface area contributed by atoms with Crippen molar-refractivity contribution in [1.82, 2.24) is 0 Å². The summed E-state index contributed by atoms with van der Waals surface area (Å²) in [5.74, 6) is 0. The zero-order chi connectivity index (χ0) is 11.5. The summed E-state index contributed by atoms with van der Waals surface area (Å²) in [5, 5.41) is 13.9. The van der Waals surface area contributed by atoms with E-state index in [2.05, 4.69) is 17.5 Å². The number of nitrogens with two attached hydrogens (primary N) is 1. The molecule has 0 atom stereocenters. The van der Waals surface area contributed by atoms with Crippen LogP contribution in [0.2, 0.25) is 0 Å². The number of rotatable bonds is 3. The Morgan fingerprint density at radius 3 is 2.62 bits per heavy atom. The Balaban J connectivity index is 2.11. The standard InChI is InChI=1S/C11H13N3O2/c12-10-7-9(5-6-11(10)14(15)16)13-8-3-1-2-4-8/h1-2,5-8,13H,3-4,12H2. The Morgan fingerprint density at radius 1 is 1.38 bits per heavy atom. The third kappa shape index (κ3) is 2.13. The highest BCUT2D eigenvalue weighted by atomic mass is 16.6. The van der Waals surface area contributed by atoms with Gasteiger partial charge in [-0.1, -0.05) is 12.2 Å². The van der Waals surface area contributed by atoms with Crippen molar-refractivity contribution in [3.8, 4) is 0 Å². The first-order valence-corrected chi connectivity index (χ1v) is 5.12. The summed E-state index contributed by atoms with van der Waals surface area (Å²) >= 11 is 0. The molecule has 0 heterocycles. The third-order valence-corrected chi connectivity index (χ3v) is 2.60. The number of anilines is 2. The Hall–Kier alpha value is -2.04. The average molecular weight is 219 g/mol. The molecule has 2 rings (SSSR count). The molecule has 0 bridgehead atoms. The van der Waals surface area contributed by atoms with Crippen molar-refractivity contribution < 1.29 is 4.92 Å². The van der Waals surface area contributed by atoms with Gasteiger partial charge in [-0.2, -0.15) is 0 Å². The van der Waals surface area contributed by atoms with Gasteiger partial charge in [-0.15, -0.1) is 0 Å². The Morgan fingerprint density at radius 2 is 2.06 bits per heavy atom. The summed E-state index contributed by atoms with van der Waals surface area (Å²) < 4.78 is 0. The first kappa shape index (κ1) is 10.5. The summed E-state index contributed by atoms with van der Waals surface area (Å²) in [7, 11) is 0. The van der Waals surface area contributed by atoms with Gasteiger partial charge in [0.2, 0.25) is 0 Å². The van der Waals surface area contributed by atoms with E-state index < -0.39 is 4.92 Å². The van der Waals surface area contributed by atoms with Crippen LogP contribution in [0.3, 0.4) is 0 Å². The number of benzene rings is 1. The zero-order valence-corrected chi connectivity index (χ0v) is 8.72. The van der Waals surface area contributed by atoms with Gasteiger partial charge in [-0.05, 0) is 25.0 Å². The van der Waals surface area contributed by atoms with Crippen LogP contribution in [-0.4, -0.2) is 11.0 Å². The Labute approximate surface area is 93.1 Å². The zero-order valence-electron chi connectivity index (χ0n) is 8.72. The molecule has 0 unspecified atom stereocenters. The van der Waals surface area contributed by atoms with Crippen LogP contribution in [-0.2, 0) is 0 Å². The molecular weight excluding hydrogens is 206 g/mol. The van der Waals surface area contributed by atoms with Crippen molar-refractivity contribution in [2.24, 2.45) is 0 Å². The fourth-order valence-electron chi connectivity index (χ4n) is 1.78. The molecule has 1 aromatic carbocycles. The van der Waals surface area contributed by atoms with E-state index in [9.17, 15) is 10.1 Å². The first-order chi connectivity index (χ1) is 7.66. The first-order valence-electron chi connectivity index (χ1n) is 5.12. The quantitative estimate of drug-likeness (QED) is 0.354. The van der Waals surface area contributed by atoms with Gasteiger partial charge in [0.1, 0.15) is 5.69 Å². The number of hydrogen-bond acceptors (Lipinski definition) is 4. The van der Waals surface area contributed by atoms with Crippen LogP contribution >= 0.6 is 0 Å². The summed E-state index contributed by atoms with van der Waals surface area (Å²) in [6.45, 7) is 0. The van der Waals surface area contributed by atoms with E-state index in [1.54, 1.807) is 12.1 Å². The van der Waals surface area contributed by atoms with Crippen LogP contribution < -0.4 is 11.1 Å². The molecule has 0 spiro atoms. The SMILES string of the molecule is Nc1cc(NC2CC=CC2)ccc1[N+](=O)[O-]. The second-order valence-electron chi connectivity index (χ2n) is 3.81. The average Bonchev–Trinajstić information content (AvgIpc) is 2.70. The van der Waals surface area contributed by atoms with Gasteiger partial charge in [0.05, 0.1) is 4.92 Å². The summed E-state index contributed by atoms with van der Waals surface area (Å²) in [6, 6.07) is 5.10. The lowest BCUT2D eigenvalue weighted by molar-refractivity contribution is -0.383. The second kappa shape index (κ2) is 4.22. The number of nitrogens with one attached hydrogen (secondary N) is 1. The van der Waals surface area contributed by atoms with Crippen LogP contribution in [0.4, 0.5) is 17.1 Å².